The Balaban J connectivity index is 1.90. The summed E-state index contributed by atoms with van der Waals surface area (Å²) in [6, 6.07) is 13.1. The van der Waals surface area contributed by atoms with Gasteiger partial charge in [-0.3, -0.25) is 4.79 Å². The lowest BCUT2D eigenvalue weighted by molar-refractivity contribution is -0.126. The fourth-order valence-corrected chi connectivity index (χ4v) is 2.93. The number of fused-ring (bicyclic) bond motifs is 1. The summed E-state index contributed by atoms with van der Waals surface area (Å²) in [6.45, 7) is 6.78. The van der Waals surface area contributed by atoms with Crippen molar-refractivity contribution in [2.75, 3.05) is 11.4 Å². The van der Waals surface area contributed by atoms with Gasteiger partial charge in [0, 0.05) is 19.0 Å². The smallest absolute Gasteiger partial charge is 0.268 e. The van der Waals surface area contributed by atoms with Crippen molar-refractivity contribution in [2.24, 2.45) is 5.92 Å². The summed E-state index contributed by atoms with van der Waals surface area (Å²) in [6.07, 6.45) is -0.00269. The first kappa shape index (κ1) is 16.4. The van der Waals surface area contributed by atoms with E-state index in [0.717, 1.165) is 5.56 Å². The number of anilines is 1. The van der Waals surface area contributed by atoms with E-state index in [9.17, 15) is 9.90 Å². The average molecular weight is 325 g/mol. The first-order valence-electron chi connectivity index (χ1n) is 8.30. The molecule has 126 valence electrons. The number of phenolic OH excluding ortho intramolecular Hbond substituents is 1. The fourth-order valence-electron chi connectivity index (χ4n) is 2.93. The standard InChI is InChI=1S/C20H23NO3/c1-13(2)12-21-17-11-16(22)8-9-18(17)24-19(20(21)23)10-15-6-4-14(3)5-7-15/h4-9,11,13,19,22H,10,12H2,1-3H3. The Hall–Kier alpha value is -2.49. The van der Waals surface area contributed by atoms with Crippen LogP contribution in [0.5, 0.6) is 11.5 Å². The highest BCUT2D eigenvalue weighted by Crippen LogP contribution is 2.37. The normalized spacial score (nSPS) is 16.9. The summed E-state index contributed by atoms with van der Waals surface area (Å²) in [4.78, 5) is 14.7. The molecular formula is C20H23NO3. The lowest BCUT2D eigenvalue weighted by atomic mass is 10.0. The van der Waals surface area contributed by atoms with E-state index in [0.29, 0.717) is 30.3 Å². The number of phenols is 1. The number of nitrogens with zero attached hydrogens (tertiary/aromatic N) is 1. The molecule has 1 unspecified atom stereocenters. The number of carbonyl (C=O) groups is 1. The molecule has 0 aromatic heterocycles. The summed E-state index contributed by atoms with van der Waals surface area (Å²) in [5.41, 5.74) is 2.91. The number of hydrogen-bond donors (Lipinski definition) is 1. The molecule has 1 aliphatic rings. The van der Waals surface area contributed by atoms with Crippen LogP contribution in [0.4, 0.5) is 5.69 Å². The average Bonchev–Trinajstić information content (AvgIpc) is 2.54. The second-order valence-corrected chi connectivity index (χ2v) is 6.79. The molecule has 0 spiro atoms. The zero-order chi connectivity index (χ0) is 17.3. The van der Waals surface area contributed by atoms with Gasteiger partial charge in [0.2, 0.25) is 0 Å². The van der Waals surface area contributed by atoms with Crippen molar-refractivity contribution in [3.05, 3.63) is 53.6 Å². The van der Waals surface area contributed by atoms with E-state index in [1.165, 1.54) is 5.56 Å². The second-order valence-electron chi connectivity index (χ2n) is 6.79. The van der Waals surface area contributed by atoms with Crippen molar-refractivity contribution in [1.82, 2.24) is 0 Å². The fraction of sp³-hybridized carbons (Fsp3) is 0.350. The second kappa shape index (κ2) is 6.56. The van der Waals surface area contributed by atoms with Gasteiger partial charge in [-0.15, -0.1) is 0 Å². The van der Waals surface area contributed by atoms with Crippen LogP contribution in [0.25, 0.3) is 0 Å². The summed E-state index contributed by atoms with van der Waals surface area (Å²) in [7, 11) is 0. The lowest BCUT2D eigenvalue weighted by Gasteiger charge is -2.35. The van der Waals surface area contributed by atoms with Gasteiger partial charge in [-0.05, 0) is 30.5 Å². The van der Waals surface area contributed by atoms with Crippen LogP contribution in [-0.4, -0.2) is 23.7 Å². The van der Waals surface area contributed by atoms with Crippen LogP contribution in [0.1, 0.15) is 25.0 Å². The monoisotopic (exact) mass is 325 g/mol. The van der Waals surface area contributed by atoms with Crippen LogP contribution in [-0.2, 0) is 11.2 Å². The van der Waals surface area contributed by atoms with Gasteiger partial charge in [0.05, 0.1) is 5.69 Å². The Morgan fingerprint density at radius 3 is 2.54 bits per heavy atom. The topological polar surface area (TPSA) is 49.8 Å². The maximum atomic E-state index is 12.9. The van der Waals surface area contributed by atoms with E-state index in [1.54, 1.807) is 23.1 Å². The molecule has 1 atom stereocenters. The van der Waals surface area contributed by atoms with Gasteiger partial charge in [-0.1, -0.05) is 43.7 Å². The van der Waals surface area contributed by atoms with Gasteiger partial charge < -0.3 is 14.7 Å². The number of rotatable bonds is 4. The first-order valence-corrected chi connectivity index (χ1v) is 8.30. The molecular weight excluding hydrogens is 302 g/mol. The number of aryl methyl sites for hydroxylation is 1. The largest absolute Gasteiger partial charge is 0.508 e. The minimum absolute atomic E-state index is 0.0534. The molecule has 1 heterocycles. The van der Waals surface area contributed by atoms with E-state index in [1.807, 2.05) is 31.2 Å². The van der Waals surface area contributed by atoms with E-state index in [-0.39, 0.29) is 11.7 Å². The molecule has 1 amide bonds. The Morgan fingerprint density at radius 1 is 1.17 bits per heavy atom. The van der Waals surface area contributed by atoms with Crippen LogP contribution in [0.3, 0.4) is 0 Å². The molecule has 0 saturated carbocycles. The van der Waals surface area contributed by atoms with Gasteiger partial charge in [-0.2, -0.15) is 0 Å². The lowest BCUT2D eigenvalue weighted by Crippen LogP contribution is -2.48. The van der Waals surface area contributed by atoms with Crippen LogP contribution in [0.15, 0.2) is 42.5 Å². The van der Waals surface area contributed by atoms with Crippen molar-refractivity contribution >= 4 is 11.6 Å². The maximum absolute atomic E-state index is 12.9. The molecule has 4 heteroatoms. The first-order chi connectivity index (χ1) is 11.4. The molecule has 1 N–H and O–H groups in total. The zero-order valence-corrected chi connectivity index (χ0v) is 14.3. The van der Waals surface area contributed by atoms with E-state index < -0.39 is 6.10 Å². The predicted molar refractivity (Wildman–Crippen MR) is 94.6 cm³/mol. The van der Waals surface area contributed by atoms with Gasteiger partial charge in [0.25, 0.3) is 5.91 Å². The van der Waals surface area contributed by atoms with Gasteiger partial charge in [0.1, 0.15) is 11.5 Å². The number of carbonyl (C=O) groups excluding carboxylic acids is 1. The number of ether oxygens (including phenoxy) is 1. The molecule has 0 aliphatic carbocycles. The quantitative estimate of drug-likeness (QED) is 0.932. The molecule has 24 heavy (non-hydrogen) atoms. The number of amides is 1. The van der Waals surface area contributed by atoms with Gasteiger partial charge in [0.15, 0.2) is 6.10 Å². The van der Waals surface area contributed by atoms with Crippen molar-refractivity contribution in [3.63, 3.8) is 0 Å². The molecule has 0 radical (unpaired) electrons. The van der Waals surface area contributed by atoms with Crippen LogP contribution >= 0.6 is 0 Å². The highest BCUT2D eigenvalue weighted by molar-refractivity contribution is 6.00. The SMILES string of the molecule is Cc1ccc(CC2Oc3ccc(O)cc3N(CC(C)C)C2=O)cc1. The highest BCUT2D eigenvalue weighted by Gasteiger charge is 2.34. The molecule has 1 aliphatic heterocycles. The maximum Gasteiger partial charge on any atom is 0.268 e. The van der Waals surface area contributed by atoms with Crippen molar-refractivity contribution < 1.29 is 14.6 Å². The Bertz CT molecular complexity index is 737. The Labute approximate surface area is 142 Å². The third-order valence-electron chi connectivity index (χ3n) is 4.13. The molecule has 3 rings (SSSR count). The molecule has 4 nitrogen and oxygen atoms in total. The summed E-state index contributed by atoms with van der Waals surface area (Å²) < 4.78 is 5.94. The summed E-state index contributed by atoms with van der Waals surface area (Å²) in [5.74, 6) is 1.05. The highest BCUT2D eigenvalue weighted by atomic mass is 16.5. The van der Waals surface area contributed by atoms with Crippen molar-refractivity contribution in [2.45, 2.75) is 33.3 Å². The molecule has 0 fully saturated rings. The number of benzene rings is 2. The Kier molecular flexibility index (Phi) is 4.47. The minimum Gasteiger partial charge on any atom is -0.508 e. The van der Waals surface area contributed by atoms with Crippen molar-refractivity contribution in [3.8, 4) is 11.5 Å². The molecule has 2 aromatic rings. The van der Waals surface area contributed by atoms with E-state index >= 15 is 0 Å². The van der Waals surface area contributed by atoms with Crippen molar-refractivity contribution in [1.29, 1.82) is 0 Å². The van der Waals surface area contributed by atoms with Crippen LogP contribution < -0.4 is 9.64 Å². The Morgan fingerprint density at radius 2 is 1.88 bits per heavy atom. The zero-order valence-electron chi connectivity index (χ0n) is 14.3. The van der Waals surface area contributed by atoms with E-state index in [4.69, 9.17) is 4.74 Å². The molecule has 0 bridgehead atoms. The van der Waals surface area contributed by atoms with Crippen LogP contribution in [0.2, 0.25) is 0 Å². The summed E-state index contributed by atoms with van der Waals surface area (Å²) in [5, 5.41) is 9.76. The number of hydrogen-bond acceptors (Lipinski definition) is 3. The molecule has 2 aromatic carbocycles. The third-order valence-corrected chi connectivity index (χ3v) is 4.13. The van der Waals surface area contributed by atoms with Gasteiger partial charge >= 0.3 is 0 Å². The molecule has 0 saturated heterocycles. The minimum atomic E-state index is -0.538. The van der Waals surface area contributed by atoms with Gasteiger partial charge in [-0.25, -0.2) is 0 Å². The predicted octanol–water partition coefficient (Wildman–Crippen LogP) is 3.69. The third kappa shape index (κ3) is 3.37. The number of aromatic hydroxyl groups is 1. The summed E-state index contributed by atoms with van der Waals surface area (Å²) >= 11 is 0. The van der Waals surface area contributed by atoms with E-state index in [2.05, 4.69) is 13.8 Å². The van der Waals surface area contributed by atoms with Crippen LogP contribution in [0, 0.1) is 12.8 Å².